The van der Waals surface area contributed by atoms with E-state index in [0.29, 0.717) is 5.82 Å². The van der Waals surface area contributed by atoms with Gasteiger partial charge in [-0.25, -0.2) is 18.7 Å². The molecule has 18 heavy (non-hydrogen) atoms. The van der Waals surface area contributed by atoms with Crippen LogP contribution in [0.3, 0.4) is 0 Å². The van der Waals surface area contributed by atoms with Gasteiger partial charge in [-0.3, -0.25) is 0 Å². The smallest absolute Gasteiger partial charge is 0.287 e. The quantitative estimate of drug-likeness (QED) is 0.807. The van der Waals surface area contributed by atoms with Crippen LogP contribution in [-0.2, 0) is 12.8 Å². The topological polar surface area (TPSA) is 58.0 Å². The lowest BCUT2D eigenvalue weighted by atomic mass is 10.1. The molecule has 2 N–H and O–H groups in total. The second-order valence-corrected chi connectivity index (χ2v) is 4.58. The van der Waals surface area contributed by atoms with Gasteiger partial charge in [-0.2, -0.15) is 0 Å². The van der Waals surface area contributed by atoms with Crippen molar-refractivity contribution >= 4 is 5.82 Å². The van der Waals surface area contributed by atoms with E-state index >= 15 is 0 Å². The molecule has 0 aromatic carbocycles. The zero-order chi connectivity index (χ0) is 13.0. The van der Waals surface area contributed by atoms with Crippen molar-refractivity contribution in [2.24, 2.45) is 0 Å². The average Bonchev–Trinajstić information content (AvgIpc) is 2.62. The van der Waals surface area contributed by atoms with E-state index in [4.69, 9.17) is 5.11 Å². The molecule has 1 aliphatic rings. The highest BCUT2D eigenvalue weighted by atomic mass is 19.3. The van der Waals surface area contributed by atoms with Crippen molar-refractivity contribution < 1.29 is 13.9 Å². The molecule has 0 radical (unpaired) electrons. The number of hydrogen-bond acceptors (Lipinski definition) is 4. The Kier molecular flexibility index (Phi) is 4.06. The molecule has 0 atom stereocenters. The molecule has 1 aromatic rings. The molecule has 1 aliphatic carbocycles. The highest BCUT2D eigenvalue weighted by molar-refractivity contribution is 5.46. The molecular weight excluding hydrogens is 240 g/mol. The Labute approximate surface area is 104 Å². The normalized spacial score (nSPS) is 15.9. The van der Waals surface area contributed by atoms with E-state index in [2.05, 4.69) is 15.3 Å². The molecule has 0 aliphatic heterocycles. The number of anilines is 1. The summed E-state index contributed by atoms with van der Waals surface area (Å²) in [6, 6.07) is 0. The van der Waals surface area contributed by atoms with Crippen LogP contribution in [0.25, 0.3) is 0 Å². The van der Waals surface area contributed by atoms with E-state index in [9.17, 15) is 8.78 Å². The van der Waals surface area contributed by atoms with E-state index in [1.54, 1.807) is 0 Å². The second-order valence-electron chi connectivity index (χ2n) is 4.58. The zero-order valence-electron chi connectivity index (χ0n) is 10.1. The van der Waals surface area contributed by atoms with Gasteiger partial charge in [0.15, 0.2) is 0 Å². The van der Waals surface area contributed by atoms with E-state index in [1.165, 1.54) is 6.33 Å². The van der Waals surface area contributed by atoms with Gasteiger partial charge in [0.25, 0.3) is 5.92 Å². The van der Waals surface area contributed by atoms with Gasteiger partial charge in [-0.1, -0.05) is 6.42 Å². The molecule has 0 unspecified atom stereocenters. The van der Waals surface area contributed by atoms with Crippen molar-refractivity contribution in [3.05, 3.63) is 17.6 Å². The number of fused-ring (bicyclic) bond motifs is 1. The van der Waals surface area contributed by atoms with E-state index in [1.807, 2.05) is 0 Å². The number of aromatic nitrogens is 2. The summed E-state index contributed by atoms with van der Waals surface area (Å²) in [6.07, 6.45) is 6.35. The van der Waals surface area contributed by atoms with Gasteiger partial charge in [0.05, 0.1) is 6.54 Å². The molecule has 4 nitrogen and oxygen atoms in total. The third-order valence-corrected chi connectivity index (χ3v) is 3.12. The molecular formula is C12H17F2N3O. The number of halogens is 2. The number of rotatable bonds is 4. The molecule has 2 rings (SSSR count). The van der Waals surface area contributed by atoms with Crippen molar-refractivity contribution in [1.29, 1.82) is 0 Å². The van der Waals surface area contributed by atoms with Gasteiger partial charge in [-0.15, -0.1) is 0 Å². The first-order valence-electron chi connectivity index (χ1n) is 6.18. The van der Waals surface area contributed by atoms with Gasteiger partial charge in [0, 0.05) is 11.3 Å². The van der Waals surface area contributed by atoms with Crippen LogP contribution in [-0.4, -0.2) is 34.1 Å². The third-order valence-electron chi connectivity index (χ3n) is 3.12. The first kappa shape index (κ1) is 13.1. The van der Waals surface area contributed by atoms with Crippen molar-refractivity contribution in [1.82, 2.24) is 9.97 Å². The van der Waals surface area contributed by atoms with Crippen molar-refractivity contribution in [2.75, 3.05) is 18.5 Å². The van der Waals surface area contributed by atoms with Crippen LogP contribution >= 0.6 is 0 Å². The highest BCUT2D eigenvalue weighted by Crippen LogP contribution is 2.24. The molecule has 0 fully saturated rings. The molecule has 0 amide bonds. The van der Waals surface area contributed by atoms with Crippen molar-refractivity contribution in [2.45, 2.75) is 38.0 Å². The second kappa shape index (κ2) is 5.56. The Morgan fingerprint density at radius 3 is 2.78 bits per heavy atom. The van der Waals surface area contributed by atoms with Crippen LogP contribution in [0.4, 0.5) is 14.6 Å². The number of aliphatic hydroxyl groups excluding tert-OH is 1. The molecule has 0 bridgehead atoms. The molecule has 0 saturated carbocycles. The first-order chi connectivity index (χ1) is 8.62. The summed E-state index contributed by atoms with van der Waals surface area (Å²) < 4.78 is 26.0. The molecule has 0 spiro atoms. The molecule has 1 aromatic heterocycles. The lowest BCUT2D eigenvalue weighted by molar-refractivity contribution is -0.0373. The largest absolute Gasteiger partial charge is 0.390 e. The number of nitrogens with zero attached hydrogens (tertiary/aromatic N) is 2. The maximum Gasteiger partial charge on any atom is 0.287 e. The Morgan fingerprint density at radius 2 is 2.00 bits per heavy atom. The summed E-state index contributed by atoms with van der Waals surface area (Å²) in [5.74, 6) is -2.64. The zero-order valence-corrected chi connectivity index (χ0v) is 10.1. The monoisotopic (exact) mass is 257 g/mol. The van der Waals surface area contributed by atoms with Crippen LogP contribution in [0.5, 0.6) is 0 Å². The maximum absolute atomic E-state index is 13.0. The minimum Gasteiger partial charge on any atom is -0.390 e. The summed E-state index contributed by atoms with van der Waals surface area (Å²) >= 11 is 0. The lowest BCUT2D eigenvalue weighted by Gasteiger charge is -2.17. The number of nitrogens with one attached hydrogen (secondary N) is 1. The Bertz CT molecular complexity index is 412. The molecule has 1 heterocycles. The number of alkyl halides is 2. The summed E-state index contributed by atoms with van der Waals surface area (Å²) in [5.41, 5.74) is 1.90. The Morgan fingerprint density at radius 1 is 1.22 bits per heavy atom. The standard InChI is InChI=1S/C12H17F2N3O/c13-12(14,7-18)6-15-11-9-4-2-1-3-5-10(9)16-8-17-11/h8,18H,1-7H2,(H,15,16,17). The van der Waals surface area contributed by atoms with Crippen molar-refractivity contribution in [3.8, 4) is 0 Å². The molecule has 0 saturated heterocycles. The van der Waals surface area contributed by atoms with Gasteiger partial charge < -0.3 is 10.4 Å². The molecule has 100 valence electrons. The van der Waals surface area contributed by atoms with Crippen LogP contribution in [0, 0.1) is 0 Å². The maximum atomic E-state index is 13.0. The van der Waals surface area contributed by atoms with E-state index in [0.717, 1.165) is 43.4 Å². The van der Waals surface area contributed by atoms with Crippen LogP contribution < -0.4 is 5.32 Å². The predicted molar refractivity (Wildman–Crippen MR) is 63.8 cm³/mol. The fourth-order valence-corrected chi connectivity index (χ4v) is 2.12. The summed E-state index contributed by atoms with van der Waals surface area (Å²) in [4.78, 5) is 8.25. The van der Waals surface area contributed by atoms with Gasteiger partial charge in [0.1, 0.15) is 18.8 Å². The predicted octanol–water partition coefficient (Wildman–Crippen LogP) is 1.78. The Hall–Kier alpha value is -1.30. The fourth-order valence-electron chi connectivity index (χ4n) is 2.12. The fraction of sp³-hybridized carbons (Fsp3) is 0.667. The number of aliphatic hydroxyl groups is 1. The van der Waals surface area contributed by atoms with Gasteiger partial charge in [0.2, 0.25) is 0 Å². The minimum atomic E-state index is -3.12. The van der Waals surface area contributed by atoms with E-state index in [-0.39, 0.29) is 0 Å². The molecule has 6 heteroatoms. The van der Waals surface area contributed by atoms with Crippen molar-refractivity contribution in [3.63, 3.8) is 0 Å². The summed E-state index contributed by atoms with van der Waals surface area (Å²) in [6.45, 7) is -1.76. The average molecular weight is 257 g/mol. The highest BCUT2D eigenvalue weighted by Gasteiger charge is 2.28. The number of hydrogen-bond donors (Lipinski definition) is 2. The minimum absolute atomic E-state index is 0.482. The number of aryl methyl sites for hydroxylation is 1. The third kappa shape index (κ3) is 3.13. The Balaban J connectivity index is 2.13. The van der Waals surface area contributed by atoms with Crippen LogP contribution in [0.1, 0.15) is 30.5 Å². The SMILES string of the molecule is OCC(F)(F)CNc1ncnc2c1CCCCC2. The lowest BCUT2D eigenvalue weighted by Crippen LogP contribution is -2.31. The summed E-state index contributed by atoms with van der Waals surface area (Å²) in [5, 5.41) is 11.2. The van der Waals surface area contributed by atoms with Crippen LogP contribution in [0.15, 0.2) is 6.33 Å². The van der Waals surface area contributed by atoms with Gasteiger partial charge >= 0.3 is 0 Å². The first-order valence-corrected chi connectivity index (χ1v) is 6.18. The van der Waals surface area contributed by atoms with E-state index < -0.39 is 19.1 Å². The van der Waals surface area contributed by atoms with Gasteiger partial charge in [-0.05, 0) is 25.7 Å². The summed E-state index contributed by atoms with van der Waals surface area (Å²) in [7, 11) is 0. The van der Waals surface area contributed by atoms with Crippen LogP contribution in [0.2, 0.25) is 0 Å².